The van der Waals surface area contributed by atoms with Crippen molar-refractivity contribution in [3.05, 3.63) is 0 Å². The molecule has 0 fully saturated rings. The lowest BCUT2D eigenvalue weighted by molar-refractivity contribution is 0.122. The SMILES string of the molecule is CCO[Si](CCCN(C)C([Si]CCCCCC[Si](OC)(OC)OC)N(C)CCC[Si](OCC)OCC)OCC. The van der Waals surface area contributed by atoms with Gasteiger partial charge in [-0.1, -0.05) is 25.3 Å². The van der Waals surface area contributed by atoms with Crippen molar-refractivity contribution in [1.82, 2.24) is 9.80 Å². The maximum Gasteiger partial charge on any atom is 0.500 e. The molecule has 232 valence electrons. The van der Waals surface area contributed by atoms with Gasteiger partial charge in [0.1, 0.15) is 0 Å². The maximum atomic E-state index is 5.85. The van der Waals surface area contributed by atoms with Crippen molar-refractivity contribution in [2.45, 2.75) is 96.2 Å². The van der Waals surface area contributed by atoms with E-state index in [0.717, 1.165) is 86.4 Å². The molecule has 0 rings (SSSR count). The second kappa shape index (κ2) is 26.2. The van der Waals surface area contributed by atoms with Crippen LogP contribution in [0.4, 0.5) is 0 Å². The first-order chi connectivity index (χ1) is 18.9. The first-order valence-electron chi connectivity index (χ1n) is 14.9. The zero-order valence-electron chi connectivity index (χ0n) is 26.6. The minimum absolute atomic E-state index is 0.449. The molecule has 0 aromatic carbocycles. The highest BCUT2D eigenvalue weighted by molar-refractivity contribution is 6.60. The van der Waals surface area contributed by atoms with Crippen molar-refractivity contribution in [3.63, 3.8) is 0 Å². The summed E-state index contributed by atoms with van der Waals surface area (Å²) in [5, 5.41) is 0. The molecular weight excluding hydrogens is 565 g/mol. The molecule has 0 aromatic heterocycles. The van der Waals surface area contributed by atoms with Gasteiger partial charge in [-0.15, -0.1) is 0 Å². The molecule has 0 N–H and O–H groups in total. The van der Waals surface area contributed by atoms with Crippen LogP contribution in [0, 0.1) is 0 Å². The van der Waals surface area contributed by atoms with Crippen molar-refractivity contribution < 1.29 is 31.0 Å². The van der Waals surface area contributed by atoms with Gasteiger partial charge in [0.25, 0.3) is 0 Å². The summed E-state index contributed by atoms with van der Waals surface area (Å²) in [6.07, 6.45) is 6.96. The molecule has 0 bridgehead atoms. The minimum atomic E-state index is -2.44. The zero-order valence-corrected chi connectivity index (χ0v) is 30.6. The highest BCUT2D eigenvalue weighted by Crippen LogP contribution is 2.18. The van der Waals surface area contributed by atoms with Gasteiger partial charge in [-0.25, -0.2) is 0 Å². The van der Waals surface area contributed by atoms with E-state index in [1.807, 2.05) is 0 Å². The molecule has 0 aliphatic rings. The van der Waals surface area contributed by atoms with E-state index in [2.05, 4.69) is 51.6 Å². The average molecular weight is 625 g/mol. The third-order valence-corrected chi connectivity index (χ3v) is 15.2. The van der Waals surface area contributed by atoms with Crippen LogP contribution in [-0.4, -0.2) is 127 Å². The van der Waals surface area contributed by atoms with Crippen LogP contribution in [0.15, 0.2) is 0 Å². The highest BCUT2D eigenvalue weighted by atomic mass is 28.4. The fourth-order valence-electron chi connectivity index (χ4n) is 4.46. The Balaban J connectivity index is 4.79. The van der Waals surface area contributed by atoms with Crippen molar-refractivity contribution in [1.29, 1.82) is 0 Å². The largest absolute Gasteiger partial charge is 0.500 e. The van der Waals surface area contributed by atoms with Crippen LogP contribution < -0.4 is 0 Å². The molecule has 0 aliphatic carbocycles. The number of nitrogens with zero attached hydrogens (tertiary/aromatic N) is 2. The zero-order chi connectivity index (χ0) is 29.4. The first kappa shape index (κ1) is 39.5. The van der Waals surface area contributed by atoms with Crippen LogP contribution in [0.1, 0.15) is 66.2 Å². The fraction of sp³-hybridized carbons (Fsp3) is 1.00. The van der Waals surface area contributed by atoms with E-state index < -0.39 is 27.4 Å². The second-order valence-corrected chi connectivity index (χ2v) is 17.6. The molecule has 13 heteroatoms. The third kappa shape index (κ3) is 18.6. The van der Waals surface area contributed by atoms with Crippen molar-refractivity contribution >= 4 is 36.9 Å². The molecule has 39 heavy (non-hydrogen) atoms. The molecule has 0 aliphatic heterocycles. The van der Waals surface area contributed by atoms with Crippen LogP contribution >= 0.6 is 0 Å². The Kier molecular flexibility index (Phi) is 26.5. The van der Waals surface area contributed by atoms with Gasteiger partial charge in [0.15, 0.2) is 0 Å². The number of unbranched alkanes of at least 4 members (excludes halogenated alkanes) is 3. The maximum absolute atomic E-state index is 5.85. The predicted molar refractivity (Wildman–Crippen MR) is 167 cm³/mol. The lowest BCUT2D eigenvalue weighted by Gasteiger charge is -2.36. The Bertz CT molecular complexity index is 494. The summed E-state index contributed by atoms with van der Waals surface area (Å²) in [6.45, 7) is 13.2. The van der Waals surface area contributed by atoms with Crippen LogP contribution in [-0.2, 0) is 31.0 Å². The number of hydrogen-bond acceptors (Lipinski definition) is 9. The quantitative estimate of drug-likeness (QED) is 0.0675. The highest BCUT2D eigenvalue weighted by Gasteiger charge is 2.36. The monoisotopic (exact) mass is 624 g/mol. The lowest BCUT2D eigenvalue weighted by atomic mass is 10.2. The fourth-order valence-corrected chi connectivity index (χ4v) is 10.8. The molecule has 0 saturated carbocycles. The topological polar surface area (TPSA) is 71.1 Å². The lowest BCUT2D eigenvalue weighted by Crippen LogP contribution is -2.49. The van der Waals surface area contributed by atoms with E-state index in [-0.39, 0.29) is 0 Å². The van der Waals surface area contributed by atoms with E-state index in [0.29, 0.717) is 5.79 Å². The Morgan fingerprint density at radius 2 is 1.03 bits per heavy atom. The molecule has 0 spiro atoms. The molecule has 0 heterocycles. The summed E-state index contributed by atoms with van der Waals surface area (Å²) in [4.78, 5) is 5.09. The van der Waals surface area contributed by atoms with E-state index in [4.69, 9.17) is 31.0 Å². The van der Waals surface area contributed by atoms with Gasteiger partial charge in [0, 0.05) is 59.6 Å². The molecule has 0 aromatic rings. The van der Waals surface area contributed by atoms with Gasteiger partial charge >= 0.3 is 27.4 Å². The van der Waals surface area contributed by atoms with Crippen LogP contribution in [0.2, 0.25) is 24.2 Å². The molecular formula is C26H60N2O7Si4. The van der Waals surface area contributed by atoms with Crippen LogP contribution in [0.25, 0.3) is 0 Å². The summed E-state index contributed by atoms with van der Waals surface area (Å²) in [5.74, 6) is 0.449. The predicted octanol–water partition coefficient (Wildman–Crippen LogP) is 4.60. The molecule has 0 saturated heterocycles. The van der Waals surface area contributed by atoms with Crippen LogP contribution in [0.3, 0.4) is 0 Å². The summed E-state index contributed by atoms with van der Waals surface area (Å²) in [6, 6.07) is 4.19. The van der Waals surface area contributed by atoms with E-state index in [1.54, 1.807) is 21.3 Å². The minimum Gasteiger partial charge on any atom is -0.394 e. The summed E-state index contributed by atoms with van der Waals surface area (Å²) >= 11 is 0. The summed E-state index contributed by atoms with van der Waals surface area (Å²) < 4.78 is 40.1. The molecule has 4 radical (unpaired) electrons. The normalized spacial score (nSPS) is 12.8. The van der Waals surface area contributed by atoms with Gasteiger partial charge in [-0.05, 0) is 86.2 Å². The van der Waals surface area contributed by atoms with Gasteiger partial charge in [-0.2, -0.15) is 0 Å². The van der Waals surface area contributed by atoms with Crippen molar-refractivity contribution in [2.24, 2.45) is 0 Å². The van der Waals surface area contributed by atoms with Crippen molar-refractivity contribution in [3.8, 4) is 0 Å². The second-order valence-electron chi connectivity index (χ2n) is 9.43. The smallest absolute Gasteiger partial charge is 0.394 e. The van der Waals surface area contributed by atoms with E-state index >= 15 is 0 Å². The number of hydrogen-bond donors (Lipinski definition) is 0. The Labute approximate surface area is 248 Å². The van der Waals surface area contributed by atoms with Crippen LogP contribution in [0.5, 0.6) is 0 Å². The molecule has 0 amide bonds. The van der Waals surface area contributed by atoms with E-state index in [1.165, 1.54) is 25.3 Å². The Hall–Kier alpha value is 0.508. The number of rotatable bonds is 29. The van der Waals surface area contributed by atoms with Gasteiger partial charge in [-0.3, -0.25) is 9.80 Å². The molecule has 9 nitrogen and oxygen atoms in total. The van der Waals surface area contributed by atoms with Gasteiger partial charge < -0.3 is 31.0 Å². The van der Waals surface area contributed by atoms with Gasteiger partial charge in [0.2, 0.25) is 0 Å². The molecule has 0 unspecified atom stereocenters. The Morgan fingerprint density at radius 3 is 1.41 bits per heavy atom. The summed E-state index contributed by atoms with van der Waals surface area (Å²) in [7, 11) is 5.77. The van der Waals surface area contributed by atoms with E-state index in [9.17, 15) is 0 Å². The third-order valence-electron chi connectivity index (χ3n) is 6.51. The molecule has 0 atom stereocenters. The van der Waals surface area contributed by atoms with Gasteiger partial charge in [0.05, 0.1) is 9.52 Å². The Morgan fingerprint density at radius 1 is 0.615 bits per heavy atom. The summed E-state index contributed by atoms with van der Waals surface area (Å²) in [5.41, 5.74) is 0. The first-order valence-corrected chi connectivity index (χ1v) is 21.1. The average Bonchev–Trinajstić information content (AvgIpc) is 2.93. The standard InChI is InChI=1S/C26H60N2O7Si4/c1-10-32-37(33-11-2)23-18-20-27(5)26(28(6)21-19-24-38(34-12-3)35-13-4)36-22-16-14-15-17-25-39(29-7,30-8)31-9/h26H,10-25H2,1-9H3. The van der Waals surface area contributed by atoms with Crippen molar-refractivity contribution in [2.75, 3.05) is 74.9 Å².